The number of rotatable bonds is 7. The van der Waals surface area contributed by atoms with Crippen molar-refractivity contribution in [3.8, 4) is 6.07 Å². The minimum atomic E-state index is -0.524. The quantitative estimate of drug-likeness (QED) is 0.660. The van der Waals surface area contributed by atoms with Crippen molar-refractivity contribution in [2.75, 3.05) is 23.5 Å². The Morgan fingerprint density at radius 1 is 1.21 bits per heavy atom. The van der Waals surface area contributed by atoms with Crippen LogP contribution >= 0.6 is 23.1 Å². The summed E-state index contributed by atoms with van der Waals surface area (Å²) in [6.07, 6.45) is 0.785. The monoisotopic (exact) mass is 428 g/mol. The lowest BCUT2D eigenvalue weighted by Gasteiger charge is -2.23. The molecule has 1 aromatic carbocycles. The average Bonchev–Trinajstić information content (AvgIpc) is 3.43. The molecule has 2 N–H and O–H groups in total. The molecule has 1 aliphatic rings. The highest BCUT2D eigenvalue weighted by Gasteiger charge is 2.34. The Labute approximate surface area is 177 Å². The molecule has 9 heteroatoms. The maximum absolute atomic E-state index is 12.6. The zero-order valence-corrected chi connectivity index (χ0v) is 17.2. The third-order valence-electron chi connectivity index (χ3n) is 4.38. The summed E-state index contributed by atoms with van der Waals surface area (Å²) in [6.45, 7) is 0.408. The number of nitrogens with zero attached hydrogens (tertiary/aromatic N) is 2. The maximum atomic E-state index is 12.6. The van der Waals surface area contributed by atoms with Crippen LogP contribution in [0.3, 0.4) is 0 Å². The molecule has 0 saturated carbocycles. The zero-order chi connectivity index (χ0) is 20.6. The van der Waals surface area contributed by atoms with E-state index in [1.54, 1.807) is 35.2 Å². The molecule has 2 heterocycles. The van der Waals surface area contributed by atoms with Crippen molar-refractivity contribution in [3.05, 3.63) is 52.2 Å². The topological polar surface area (TPSA) is 102 Å². The van der Waals surface area contributed by atoms with E-state index >= 15 is 0 Å². The largest absolute Gasteiger partial charge is 0.351 e. The lowest BCUT2D eigenvalue weighted by atomic mass is 10.2. The molecule has 150 valence electrons. The van der Waals surface area contributed by atoms with E-state index < -0.39 is 6.04 Å². The van der Waals surface area contributed by atoms with E-state index in [-0.39, 0.29) is 24.1 Å². The Morgan fingerprint density at radius 3 is 2.69 bits per heavy atom. The van der Waals surface area contributed by atoms with Gasteiger partial charge in [0.25, 0.3) is 5.91 Å². The highest BCUT2D eigenvalue weighted by atomic mass is 32.2. The predicted molar refractivity (Wildman–Crippen MR) is 114 cm³/mol. The lowest BCUT2D eigenvalue weighted by Crippen LogP contribution is -2.44. The number of amides is 3. The van der Waals surface area contributed by atoms with Gasteiger partial charge in [-0.1, -0.05) is 6.07 Å². The molecule has 3 amide bonds. The standard InChI is InChI=1S/C20H20N4O3S2/c21-11-14-5-7-15(8-6-14)23-19(26)16-12-28-13-24(16)18(25)4-1-9-22-20(27)17-3-2-10-29-17/h2-3,5-8,10,16H,1,4,9,12-13H2,(H,22,27)(H,23,26). The second-order valence-electron chi connectivity index (χ2n) is 6.39. The highest BCUT2D eigenvalue weighted by Crippen LogP contribution is 2.23. The van der Waals surface area contributed by atoms with Crippen molar-refractivity contribution >= 4 is 46.5 Å². The van der Waals surface area contributed by atoms with Gasteiger partial charge in [-0.05, 0) is 42.1 Å². The number of carbonyl (C=O) groups excluding carboxylic acids is 3. The molecule has 3 rings (SSSR count). The van der Waals surface area contributed by atoms with E-state index in [1.807, 2.05) is 17.5 Å². The molecule has 0 radical (unpaired) electrons. The predicted octanol–water partition coefficient (Wildman–Crippen LogP) is 2.67. The van der Waals surface area contributed by atoms with Gasteiger partial charge in [-0.25, -0.2) is 0 Å². The molecule has 0 aliphatic carbocycles. The Morgan fingerprint density at radius 2 is 2.00 bits per heavy atom. The molecule has 0 spiro atoms. The lowest BCUT2D eigenvalue weighted by molar-refractivity contribution is -0.136. The van der Waals surface area contributed by atoms with Gasteiger partial charge in [0.15, 0.2) is 0 Å². The fraction of sp³-hybridized carbons (Fsp3) is 0.300. The smallest absolute Gasteiger partial charge is 0.261 e. The summed E-state index contributed by atoms with van der Waals surface area (Å²) < 4.78 is 0. The minimum absolute atomic E-state index is 0.0969. The average molecular weight is 429 g/mol. The van der Waals surface area contributed by atoms with Gasteiger partial charge in [0.2, 0.25) is 11.8 Å². The summed E-state index contributed by atoms with van der Waals surface area (Å²) >= 11 is 2.91. The van der Waals surface area contributed by atoms with Crippen molar-refractivity contribution in [2.45, 2.75) is 18.9 Å². The van der Waals surface area contributed by atoms with Gasteiger partial charge < -0.3 is 15.5 Å². The number of nitriles is 1. The molecule has 1 saturated heterocycles. The molecule has 1 aliphatic heterocycles. The highest BCUT2D eigenvalue weighted by molar-refractivity contribution is 7.99. The second kappa shape index (κ2) is 10.1. The van der Waals surface area contributed by atoms with E-state index in [9.17, 15) is 14.4 Å². The van der Waals surface area contributed by atoms with Crippen LogP contribution in [0.15, 0.2) is 41.8 Å². The van der Waals surface area contributed by atoms with Crippen LogP contribution in [0.2, 0.25) is 0 Å². The summed E-state index contributed by atoms with van der Waals surface area (Å²) in [5.74, 6) is 0.553. The molecular weight excluding hydrogens is 408 g/mol. The molecule has 1 aromatic heterocycles. The van der Waals surface area contributed by atoms with E-state index in [1.165, 1.54) is 23.1 Å². The van der Waals surface area contributed by atoms with Crippen LogP contribution < -0.4 is 10.6 Å². The van der Waals surface area contributed by atoms with Gasteiger partial charge in [-0.15, -0.1) is 23.1 Å². The summed E-state index contributed by atoms with van der Waals surface area (Å²) in [6, 6.07) is 11.7. The van der Waals surface area contributed by atoms with Crippen LogP contribution in [0.5, 0.6) is 0 Å². The molecule has 7 nitrogen and oxygen atoms in total. The van der Waals surface area contributed by atoms with Crippen LogP contribution in [0, 0.1) is 11.3 Å². The van der Waals surface area contributed by atoms with Crippen LogP contribution in [0.4, 0.5) is 5.69 Å². The number of hydrogen-bond acceptors (Lipinski definition) is 6. The van der Waals surface area contributed by atoms with Crippen LogP contribution in [-0.4, -0.2) is 46.8 Å². The van der Waals surface area contributed by atoms with Gasteiger partial charge in [-0.2, -0.15) is 5.26 Å². The molecule has 2 aromatic rings. The van der Waals surface area contributed by atoms with E-state index in [2.05, 4.69) is 10.6 Å². The van der Waals surface area contributed by atoms with Gasteiger partial charge in [0.05, 0.1) is 22.4 Å². The number of carbonyl (C=O) groups is 3. The normalized spacial score (nSPS) is 15.6. The molecular formula is C20H20N4O3S2. The fourth-order valence-corrected chi connectivity index (χ4v) is 4.66. The molecule has 1 unspecified atom stereocenters. The van der Waals surface area contributed by atoms with Crippen molar-refractivity contribution < 1.29 is 14.4 Å². The first-order valence-electron chi connectivity index (χ1n) is 9.08. The third-order valence-corrected chi connectivity index (χ3v) is 6.27. The number of nitrogens with one attached hydrogen (secondary N) is 2. The van der Waals surface area contributed by atoms with E-state index in [0.717, 1.165) is 0 Å². The molecule has 29 heavy (non-hydrogen) atoms. The SMILES string of the molecule is N#Cc1ccc(NC(=O)C2CSCN2C(=O)CCCNC(=O)c2cccs2)cc1. The minimum Gasteiger partial charge on any atom is -0.351 e. The van der Waals surface area contributed by atoms with Crippen LogP contribution in [0.1, 0.15) is 28.1 Å². The molecule has 1 atom stereocenters. The molecule has 0 bridgehead atoms. The first-order valence-corrected chi connectivity index (χ1v) is 11.1. The van der Waals surface area contributed by atoms with Crippen molar-refractivity contribution in [2.24, 2.45) is 0 Å². The summed E-state index contributed by atoms with van der Waals surface area (Å²) in [5.41, 5.74) is 1.11. The molecule has 1 fully saturated rings. The van der Waals surface area contributed by atoms with Crippen molar-refractivity contribution in [3.63, 3.8) is 0 Å². The summed E-state index contributed by atoms with van der Waals surface area (Å²) in [7, 11) is 0. The number of anilines is 1. The number of hydrogen-bond donors (Lipinski definition) is 2. The van der Waals surface area contributed by atoms with Gasteiger partial charge in [0.1, 0.15) is 6.04 Å². The first-order chi connectivity index (χ1) is 14.1. The zero-order valence-electron chi connectivity index (χ0n) is 15.6. The summed E-state index contributed by atoms with van der Waals surface area (Å²) in [5, 5.41) is 16.3. The second-order valence-corrected chi connectivity index (χ2v) is 8.34. The number of benzene rings is 1. The van der Waals surface area contributed by atoms with Crippen LogP contribution in [-0.2, 0) is 9.59 Å². The van der Waals surface area contributed by atoms with Crippen molar-refractivity contribution in [1.82, 2.24) is 10.2 Å². The van der Waals surface area contributed by atoms with Crippen molar-refractivity contribution in [1.29, 1.82) is 5.26 Å². The summed E-state index contributed by atoms with van der Waals surface area (Å²) in [4.78, 5) is 39.3. The van der Waals surface area contributed by atoms with Gasteiger partial charge >= 0.3 is 0 Å². The maximum Gasteiger partial charge on any atom is 0.261 e. The fourth-order valence-electron chi connectivity index (χ4n) is 2.84. The third kappa shape index (κ3) is 5.59. The van der Waals surface area contributed by atoms with Crippen LogP contribution in [0.25, 0.3) is 0 Å². The van der Waals surface area contributed by atoms with Gasteiger partial charge in [-0.3, -0.25) is 14.4 Å². The van der Waals surface area contributed by atoms with E-state index in [0.29, 0.717) is 40.7 Å². The Kier molecular flexibility index (Phi) is 7.27. The first kappa shape index (κ1) is 20.9. The Bertz CT molecular complexity index is 907. The van der Waals surface area contributed by atoms with E-state index in [4.69, 9.17) is 5.26 Å². The Balaban J connectivity index is 1.46. The number of thiophene rings is 1. The van der Waals surface area contributed by atoms with Gasteiger partial charge in [0, 0.05) is 24.4 Å². The number of thioether (sulfide) groups is 1. The Hall–Kier alpha value is -2.83.